The summed E-state index contributed by atoms with van der Waals surface area (Å²) in [6.07, 6.45) is 3.18. The van der Waals surface area contributed by atoms with Gasteiger partial charge in [0.05, 0.1) is 18.9 Å². The van der Waals surface area contributed by atoms with Crippen LogP contribution in [0.5, 0.6) is 11.5 Å². The number of anilines is 1. The third kappa shape index (κ3) is 8.21. The summed E-state index contributed by atoms with van der Waals surface area (Å²) in [5.41, 5.74) is 3.50. The number of hydrogen-bond donors (Lipinski definition) is 3. The lowest BCUT2D eigenvalue weighted by Gasteiger charge is -2.09. The lowest BCUT2D eigenvalue weighted by Crippen LogP contribution is -2.41. The second-order valence-corrected chi connectivity index (χ2v) is 7.41. The fourth-order valence-electron chi connectivity index (χ4n) is 3.11. The van der Waals surface area contributed by atoms with E-state index in [0.717, 1.165) is 18.6 Å². The second-order valence-electron chi connectivity index (χ2n) is 7.41. The number of carbonyl (C=O) groups is 3. The van der Waals surface area contributed by atoms with E-state index in [1.54, 1.807) is 48.5 Å². The highest BCUT2D eigenvalue weighted by Gasteiger charge is 2.18. The van der Waals surface area contributed by atoms with Gasteiger partial charge in [-0.3, -0.25) is 14.4 Å². The zero-order valence-electron chi connectivity index (χ0n) is 18.9. The van der Waals surface area contributed by atoms with Crippen molar-refractivity contribution in [2.24, 2.45) is 5.10 Å². The van der Waals surface area contributed by atoms with Gasteiger partial charge < -0.3 is 24.8 Å². The number of rotatable bonds is 10. The van der Waals surface area contributed by atoms with Crippen LogP contribution in [0, 0.1) is 0 Å². The molecule has 0 bridgehead atoms. The zero-order chi connectivity index (χ0) is 24.2. The highest BCUT2D eigenvalue weighted by atomic mass is 16.5. The Morgan fingerprint density at radius 2 is 1.74 bits per heavy atom. The molecule has 1 atom stereocenters. The summed E-state index contributed by atoms with van der Waals surface area (Å²) in [5.74, 6) is -0.683. The van der Waals surface area contributed by atoms with Gasteiger partial charge in [0.25, 0.3) is 5.91 Å². The van der Waals surface area contributed by atoms with Crippen molar-refractivity contribution in [1.82, 2.24) is 10.7 Å². The number of benzene rings is 2. The van der Waals surface area contributed by atoms with Crippen LogP contribution in [0.15, 0.2) is 53.6 Å². The van der Waals surface area contributed by atoms with Crippen molar-refractivity contribution in [3.05, 3.63) is 54.1 Å². The first-order valence-corrected chi connectivity index (χ1v) is 11.0. The van der Waals surface area contributed by atoms with Gasteiger partial charge in [-0.25, -0.2) is 5.43 Å². The summed E-state index contributed by atoms with van der Waals surface area (Å²) in [7, 11) is 0. The van der Waals surface area contributed by atoms with Crippen molar-refractivity contribution >= 4 is 29.6 Å². The van der Waals surface area contributed by atoms with Gasteiger partial charge in [-0.05, 0) is 73.9 Å². The largest absolute Gasteiger partial charge is 0.494 e. The van der Waals surface area contributed by atoms with E-state index in [1.807, 2.05) is 6.92 Å². The fourth-order valence-corrected chi connectivity index (χ4v) is 3.11. The maximum Gasteiger partial charge on any atom is 0.329 e. The van der Waals surface area contributed by atoms with Crippen LogP contribution >= 0.6 is 0 Å². The fraction of sp³-hybridized carbons (Fsp3) is 0.333. The minimum Gasteiger partial charge on any atom is -0.494 e. The van der Waals surface area contributed by atoms with Crippen molar-refractivity contribution in [1.29, 1.82) is 0 Å². The van der Waals surface area contributed by atoms with E-state index in [2.05, 4.69) is 21.2 Å². The highest BCUT2D eigenvalue weighted by molar-refractivity contribution is 6.35. The lowest BCUT2D eigenvalue weighted by atomic mass is 10.2. The van der Waals surface area contributed by atoms with E-state index in [0.29, 0.717) is 36.8 Å². The molecule has 10 nitrogen and oxygen atoms in total. The molecule has 34 heavy (non-hydrogen) atoms. The topological polar surface area (TPSA) is 127 Å². The van der Waals surface area contributed by atoms with Gasteiger partial charge in [0, 0.05) is 18.8 Å². The number of nitrogens with zero attached hydrogens (tertiary/aromatic N) is 1. The molecule has 0 aliphatic carbocycles. The Morgan fingerprint density at radius 3 is 2.41 bits per heavy atom. The standard InChI is InChI=1S/C24H28N4O6/c1-2-32-19-11-7-18(8-12-19)27-22(29)16-34-20-9-5-17(6-10-20)14-26-28-24(31)23(30)25-15-21-4-3-13-33-21/h5-12,14,21H,2-4,13,15-16H2,1H3,(H,25,30)(H,27,29)(H,28,31)/b26-14-/t21-/m1/s1. The van der Waals surface area contributed by atoms with Gasteiger partial charge in [0.1, 0.15) is 11.5 Å². The van der Waals surface area contributed by atoms with Gasteiger partial charge >= 0.3 is 11.8 Å². The molecule has 0 aromatic heterocycles. The monoisotopic (exact) mass is 468 g/mol. The smallest absolute Gasteiger partial charge is 0.329 e. The van der Waals surface area contributed by atoms with Crippen LogP contribution < -0.4 is 25.5 Å². The van der Waals surface area contributed by atoms with Crippen LogP contribution in [-0.4, -0.2) is 56.4 Å². The molecule has 2 aromatic rings. The third-order valence-electron chi connectivity index (χ3n) is 4.80. The Balaban J connectivity index is 1.36. The first kappa shape index (κ1) is 24.7. The lowest BCUT2D eigenvalue weighted by molar-refractivity contribution is -0.139. The molecule has 1 saturated heterocycles. The van der Waals surface area contributed by atoms with Crippen molar-refractivity contribution in [3.63, 3.8) is 0 Å². The molecule has 1 aliphatic rings. The SMILES string of the molecule is CCOc1ccc(NC(=O)COc2ccc(/C=N\NC(=O)C(=O)NC[C@H]3CCCO3)cc2)cc1. The van der Waals surface area contributed by atoms with Gasteiger partial charge in [-0.2, -0.15) is 5.10 Å². The van der Waals surface area contributed by atoms with Crippen LogP contribution in [0.4, 0.5) is 5.69 Å². The van der Waals surface area contributed by atoms with Crippen molar-refractivity contribution in [2.75, 3.05) is 31.7 Å². The minimum absolute atomic E-state index is 0.0424. The highest BCUT2D eigenvalue weighted by Crippen LogP contribution is 2.16. The Hall–Kier alpha value is -3.92. The number of hydrazone groups is 1. The molecule has 3 amide bonds. The number of amides is 3. The summed E-state index contributed by atoms with van der Waals surface area (Å²) in [5, 5.41) is 9.05. The first-order chi connectivity index (χ1) is 16.5. The van der Waals surface area contributed by atoms with Crippen molar-refractivity contribution < 1.29 is 28.6 Å². The molecular weight excluding hydrogens is 440 g/mol. The molecule has 180 valence electrons. The van der Waals surface area contributed by atoms with Crippen LogP contribution in [0.1, 0.15) is 25.3 Å². The zero-order valence-corrected chi connectivity index (χ0v) is 18.9. The van der Waals surface area contributed by atoms with Crippen LogP contribution in [0.2, 0.25) is 0 Å². The molecule has 1 fully saturated rings. The van der Waals surface area contributed by atoms with E-state index in [-0.39, 0.29) is 18.6 Å². The average Bonchev–Trinajstić information content (AvgIpc) is 3.37. The van der Waals surface area contributed by atoms with E-state index in [1.165, 1.54) is 6.21 Å². The molecule has 3 rings (SSSR count). The maximum atomic E-state index is 12.1. The normalized spacial score (nSPS) is 15.0. The van der Waals surface area contributed by atoms with Crippen molar-refractivity contribution in [3.8, 4) is 11.5 Å². The van der Waals surface area contributed by atoms with E-state index >= 15 is 0 Å². The van der Waals surface area contributed by atoms with E-state index in [4.69, 9.17) is 14.2 Å². The summed E-state index contributed by atoms with van der Waals surface area (Å²) < 4.78 is 16.2. The van der Waals surface area contributed by atoms with Gasteiger partial charge in [-0.15, -0.1) is 0 Å². The third-order valence-corrected chi connectivity index (χ3v) is 4.80. The number of nitrogens with one attached hydrogen (secondary N) is 3. The summed E-state index contributed by atoms with van der Waals surface area (Å²) in [6.45, 7) is 3.30. The quantitative estimate of drug-likeness (QED) is 0.277. The molecule has 10 heteroatoms. The summed E-state index contributed by atoms with van der Waals surface area (Å²) >= 11 is 0. The number of carbonyl (C=O) groups excluding carboxylic acids is 3. The summed E-state index contributed by atoms with van der Waals surface area (Å²) in [6, 6.07) is 13.8. The molecular formula is C24H28N4O6. The molecule has 2 aromatic carbocycles. The van der Waals surface area contributed by atoms with Gasteiger partial charge in [0.2, 0.25) is 0 Å². The molecule has 3 N–H and O–H groups in total. The molecule has 0 saturated carbocycles. The average molecular weight is 469 g/mol. The van der Waals surface area contributed by atoms with Gasteiger partial charge in [-0.1, -0.05) is 0 Å². The van der Waals surface area contributed by atoms with Gasteiger partial charge in [0.15, 0.2) is 6.61 Å². The molecule has 0 unspecified atom stereocenters. The number of ether oxygens (including phenoxy) is 3. The first-order valence-electron chi connectivity index (χ1n) is 11.0. The van der Waals surface area contributed by atoms with E-state index < -0.39 is 11.8 Å². The van der Waals surface area contributed by atoms with Crippen molar-refractivity contribution in [2.45, 2.75) is 25.9 Å². The predicted octanol–water partition coefficient (Wildman–Crippen LogP) is 1.85. The van der Waals surface area contributed by atoms with Crippen LogP contribution in [0.3, 0.4) is 0 Å². The van der Waals surface area contributed by atoms with Crippen LogP contribution in [0.25, 0.3) is 0 Å². The predicted molar refractivity (Wildman–Crippen MR) is 126 cm³/mol. The Kier molecular flexibility index (Phi) is 9.41. The maximum absolute atomic E-state index is 12.1. The molecule has 1 heterocycles. The number of hydrogen-bond acceptors (Lipinski definition) is 7. The minimum atomic E-state index is -0.854. The summed E-state index contributed by atoms with van der Waals surface area (Å²) in [4.78, 5) is 35.6. The Labute approximate surface area is 197 Å². The Bertz CT molecular complexity index is 986. The second kappa shape index (κ2) is 12.9. The molecule has 0 radical (unpaired) electrons. The van der Waals surface area contributed by atoms with E-state index in [9.17, 15) is 14.4 Å². The Morgan fingerprint density at radius 1 is 1.03 bits per heavy atom. The van der Waals surface area contributed by atoms with Crippen LogP contribution in [-0.2, 0) is 19.1 Å². The molecule has 0 spiro atoms. The molecule has 1 aliphatic heterocycles.